The molecule has 1 heterocycles. The fraction of sp³-hybridized carbons (Fsp3) is 0.375. The van der Waals surface area contributed by atoms with Gasteiger partial charge in [-0.15, -0.1) is 0 Å². The van der Waals surface area contributed by atoms with Crippen LogP contribution in [0.25, 0.3) is 0 Å². The minimum Gasteiger partial charge on any atom is -0.494 e. The molecule has 0 radical (unpaired) electrons. The summed E-state index contributed by atoms with van der Waals surface area (Å²) in [5.74, 6) is -2.47. The van der Waals surface area contributed by atoms with Crippen LogP contribution in [0.15, 0.2) is 32.4 Å². The average molecular weight is 596 g/mol. The summed E-state index contributed by atoms with van der Waals surface area (Å²) in [6, 6.07) is 2.98. The van der Waals surface area contributed by atoms with Gasteiger partial charge in [0.05, 0.1) is 17.5 Å². The molecule has 0 bridgehead atoms. The summed E-state index contributed by atoms with van der Waals surface area (Å²) in [5, 5.41) is -0.143. The van der Waals surface area contributed by atoms with Crippen LogP contribution in [0.3, 0.4) is 0 Å². The molecule has 0 unspecified atom stereocenters. The van der Waals surface area contributed by atoms with Crippen LogP contribution in [0.2, 0.25) is 5.02 Å². The molecule has 7 nitrogen and oxygen atoms in total. The fourth-order valence-corrected chi connectivity index (χ4v) is 5.83. The Morgan fingerprint density at radius 2 is 2.07 bits per heavy atom. The summed E-state index contributed by atoms with van der Waals surface area (Å²) in [6.45, 7) is 1.99. The van der Waals surface area contributed by atoms with Gasteiger partial charge in [0.25, 0.3) is 15.9 Å². The van der Waals surface area contributed by atoms with Gasteiger partial charge in [-0.1, -0.05) is 11.6 Å². The number of amides is 1. The lowest BCUT2D eigenvalue weighted by Gasteiger charge is -2.10. The predicted molar refractivity (Wildman–Crippen MR) is 108 cm³/mol. The molecule has 1 fully saturated rings. The van der Waals surface area contributed by atoms with Gasteiger partial charge in [0.15, 0.2) is 10.4 Å². The van der Waals surface area contributed by atoms with Gasteiger partial charge in [0.2, 0.25) is 0 Å². The van der Waals surface area contributed by atoms with E-state index in [1.165, 1.54) is 12.1 Å². The predicted octanol–water partition coefficient (Wildman–Crippen LogP) is 4.70. The van der Waals surface area contributed by atoms with Gasteiger partial charge in [-0.2, -0.15) is 13.2 Å². The number of nitrogens with one attached hydrogen (secondary N) is 1. The molecule has 3 rings (SSSR count). The van der Waals surface area contributed by atoms with Crippen molar-refractivity contribution in [3.63, 3.8) is 0 Å². The Bertz CT molecular complexity index is 1110. The van der Waals surface area contributed by atoms with Gasteiger partial charge < -0.3 is 9.30 Å². The number of imidazole rings is 1. The number of carbonyl (C=O) groups excluding carboxylic acids is 1. The SMILES string of the molecule is CCOc1ccc(Cl)c(S(=O)(=O)NC(=O)c2nc(Br)n([C@H]3C[C@@H]3C(F)(F)F)c2Br)c1. The first-order valence-corrected chi connectivity index (χ1v) is 11.8. The van der Waals surface area contributed by atoms with E-state index in [0.717, 1.165) is 10.6 Å². The zero-order valence-electron chi connectivity index (χ0n) is 15.0. The number of sulfonamides is 1. The molecule has 164 valence electrons. The Morgan fingerprint density at radius 3 is 2.63 bits per heavy atom. The first-order chi connectivity index (χ1) is 13.9. The molecule has 30 heavy (non-hydrogen) atoms. The van der Waals surface area contributed by atoms with Crippen molar-refractivity contribution in [3.8, 4) is 5.75 Å². The Kier molecular flexibility index (Phi) is 6.48. The van der Waals surface area contributed by atoms with E-state index in [2.05, 4.69) is 36.8 Å². The zero-order valence-corrected chi connectivity index (χ0v) is 19.7. The third kappa shape index (κ3) is 4.63. The number of hydrogen-bond donors (Lipinski definition) is 1. The number of alkyl halides is 3. The summed E-state index contributed by atoms with van der Waals surface area (Å²) in [7, 11) is -4.42. The van der Waals surface area contributed by atoms with Gasteiger partial charge in [-0.3, -0.25) is 4.79 Å². The third-order valence-electron chi connectivity index (χ3n) is 4.26. The van der Waals surface area contributed by atoms with E-state index in [1.54, 1.807) is 6.92 Å². The number of rotatable bonds is 6. The highest BCUT2D eigenvalue weighted by Gasteiger charge is 2.57. The first-order valence-electron chi connectivity index (χ1n) is 8.36. The molecule has 0 aliphatic heterocycles. The van der Waals surface area contributed by atoms with Crippen LogP contribution in [-0.2, 0) is 10.0 Å². The molecule has 1 N–H and O–H groups in total. The molecule has 0 spiro atoms. The van der Waals surface area contributed by atoms with E-state index >= 15 is 0 Å². The highest BCUT2D eigenvalue weighted by molar-refractivity contribution is 9.11. The number of nitrogens with zero attached hydrogens (tertiary/aromatic N) is 2. The number of ether oxygens (including phenoxy) is 1. The number of aromatic nitrogens is 2. The van der Waals surface area contributed by atoms with Gasteiger partial charge in [-0.25, -0.2) is 18.1 Å². The summed E-state index contributed by atoms with van der Waals surface area (Å²) >= 11 is 12.0. The van der Waals surface area contributed by atoms with Crippen LogP contribution in [-0.4, -0.2) is 36.7 Å². The van der Waals surface area contributed by atoms with E-state index in [9.17, 15) is 26.4 Å². The van der Waals surface area contributed by atoms with Gasteiger partial charge >= 0.3 is 6.18 Å². The lowest BCUT2D eigenvalue weighted by atomic mass is 10.3. The molecule has 1 aromatic heterocycles. The van der Waals surface area contributed by atoms with Gasteiger partial charge in [0, 0.05) is 12.1 Å². The second kappa shape index (κ2) is 8.32. The van der Waals surface area contributed by atoms with Crippen LogP contribution < -0.4 is 9.46 Å². The standard InChI is InChI=1S/C16H13Br2ClF3N3O4S/c1-2-29-7-3-4-9(19)11(5-7)30(27,28)24-14(26)12-13(17)25(15(18)23-12)10-6-8(10)16(20,21)22/h3-5,8,10H,2,6H2,1H3,(H,24,26)/t8-,10-/m0/s1. The first kappa shape index (κ1) is 23.4. The van der Waals surface area contributed by atoms with E-state index in [4.69, 9.17) is 16.3 Å². The maximum absolute atomic E-state index is 12.9. The second-order valence-electron chi connectivity index (χ2n) is 6.30. The molecule has 2 atom stereocenters. The molecular weight excluding hydrogens is 583 g/mol. The van der Waals surface area contributed by atoms with Crippen molar-refractivity contribution in [1.29, 1.82) is 0 Å². The third-order valence-corrected chi connectivity index (χ3v) is 7.39. The number of carbonyl (C=O) groups is 1. The lowest BCUT2D eigenvalue weighted by Crippen LogP contribution is -2.31. The normalized spacial score (nSPS) is 18.9. The summed E-state index contributed by atoms with van der Waals surface area (Å²) in [4.78, 5) is 16.0. The Morgan fingerprint density at radius 1 is 1.40 bits per heavy atom. The van der Waals surface area contributed by atoms with Crippen molar-refractivity contribution in [2.45, 2.75) is 30.5 Å². The van der Waals surface area contributed by atoms with Crippen molar-refractivity contribution in [1.82, 2.24) is 14.3 Å². The van der Waals surface area contributed by atoms with Crippen molar-refractivity contribution in [3.05, 3.63) is 38.3 Å². The van der Waals surface area contributed by atoms with Crippen LogP contribution in [0.1, 0.15) is 29.9 Å². The van der Waals surface area contributed by atoms with E-state index in [0.29, 0.717) is 0 Å². The van der Waals surface area contributed by atoms with Gasteiger partial charge in [-0.05, 0) is 57.3 Å². The van der Waals surface area contributed by atoms with E-state index in [1.807, 2.05) is 4.72 Å². The Balaban J connectivity index is 1.87. The summed E-state index contributed by atoms with van der Waals surface area (Å²) in [5.41, 5.74) is -0.393. The summed E-state index contributed by atoms with van der Waals surface area (Å²) in [6.07, 6.45) is -4.56. The highest BCUT2D eigenvalue weighted by atomic mass is 79.9. The van der Waals surface area contributed by atoms with Crippen LogP contribution in [0.4, 0.5) is 13.2 Å². The molecule has 0 saturated heterocycles. The van der Waals surface area contributed by atoms with Crippen molar-refractivity contribution in [2.75, 3.05) is 6.61 Å². The van der Waals surface area contributed by atoms with E-state index < -0.39 is 44.7 Å². The van der Waals surface area contributed by atoms with E-state index in [-0.39, 0.29) is 33.1 Å². The molecule has 1 aliphatic rings. The Labute approximate surface area is 191 Å². The molecule has 1 aromatic carbocycles. The van der Waals surface area contributed by atoms with Crippen LogP contribution in [0.5, 0.6) is 5.75 Å². The van der Waals surface area contributed by atoms with Crippen LogP contribution >= 0.6 is 43.5 Å². The maximum atomic E-state index is 12.9. The minimum atomic E-state index is -4.42. The van der Waals surface area contributed by atoms with Gasteiger partial charge in [0.1, 0.15) is 15.2 Å². The monoisotopic (exact) mass is 593 g/mol. The topological polar surface area (TPSA) is 90.3 Å². The molecular formula is C16H13Br2ClF3N3O4S. The molecule has 2 aromatic rings. The summed E-state index contributed by atoms with van der Waals surface area (Å²) < 4.78 is 72.1. The smallest absolute Gasteiger partial charge is 0.393 e. The average Bonchev–Trinajstić information content (AvgIpc) is 3.36. The molecule has 1 amide bonds. The lowest BCUT2D eigenvalue weighted by molar-refractivity contribution is -0.150. The molecule has 14 heteroatoms. The second-order valence-corrected chi connectivity index (χ2v) is 9.82. The minimum absolute atomic E-state index is 0.0370. The number of hydrogen-bond acceptors (Lipinski definition) is 5. The number of halogens is 6. The largest absolute Gasteiger partial charge is 0.494 e. The zero-order chi connectivity index (χ0) is 22.4. The van der Waals surface area contributed by atoms with Crippen molar-refractivity contribution < 1.29 is 31.1 Å². The quantitative estimate of drug-likeness (QED) is 0.523. The van der Waals surface area contributed by atoms with Crippen LogP contribution in [0, 0.1) is 5.92 Å². The number of benzene rings is 1. The highest BCUT2D eigenvalue weighted by Crippen LogP contribution is 2.55. The Hall–Kier alpha value is -1.31. The fourth-order valence-electron chi connectivity index (χ4n) is 2.80. The molecule has 1 aliphatic carbocycles. The van der Waals surface area contributed by atoms with Crippen molar-refractivity contribution in [2.24, 2.45) is 5.92 Å². The molecule has 1 saturated carbocycles. The maximum Gasteiger partial charge on any atom is 0.393 e. The van der Waals surface area contributed by atoms with Crippen molar-refractivity contribution >= 4 is 59.4 Å².